The molecule has 1 aromatic rings. The first-order valence-corrected chi connectivity index (χ1v) is 4.93. The lowest BCUT2D eigenvalue weighted by atomic mass is 10.2. The molecule has 0 spiro atoms. The lowest BCUT2D eigenvalue weighted by Gasteiger charge is -1.95. The summed E-state index contributed by atoms with van der Waals surface area (Å²) in [5.74, 6) is 0. The van der Waals surface area contributed by atoms with Crippen LogP contribution >= 0.6 is 22.6 Å². The van der Waals surface area contributed by atoms with Gasteiger partial charge in [-0.05, 0) is 37.8 Å². The quantitative estimate of drug-likeness (QED) is 0.840. The fourth-order valence-electron chi connectivity index (χ4n) is 0.909. The van der Waals surface area contributed by atoms with Gasteiger partial charge < -0.3 is 5.11 Å². The van der Waals surface area contributed by atoms with Crippen molar-refractivity contribution in [1.82, 2.24) is 0 Å². The van der Waals surface area contributed by atoms with E-state index in [1.165, 1.54) is 9.14 Å². The first-order valence-electron chi connectivity index (χ1n) is 3.85. The van der Waals surface area contributed by atoms with Crippen molar-refractivity contribution in [2.24, 2.45) is 0 Å². The zero-order valence-electron chi connectivity index (χ0n) is 6.70. The maximum absolute atomic E-state index is 8.67. The Kier molecular flexibility index (Phi) is 4.32. The van der Waals surface area contributed by atoms with Crippen molar-refractivity contribution in [3.8, 4) is 0 Å². The minimum Gasteiger partial charge on any atom is -0.396 e. The molecule has 12 heavy (non-hydrogen) atoms. The highest BCUT2D eigenvalue weighted by Crippen LogP contribution is 2.15. The molecule has 64 valence electrons. The minimum atomic E-state index is 0.224. The summed E-state index contributed by atoms with van der Waals surface area (Å²) in [6, 6.07) is 10.1. The lowest BCUT2D eigenvalue weighted by molar-refractivity contribution is 0.302. The van der Waals surface area contributed by atoms with E-state index in [1.54, 1.807) is 0 Å². The van der Waals surface area contributed by atoms with Crippen LogP contribution < -0.4 is 0 Å². The average molecular weight is 274 g/mol. The minimum absolute atomic E-state index is 0.224. The van der Waals surface area contributed by atoms with Crippen molar-refractivity contribution < 1.29 is 5.11 Å². The molecule has 0 heterocycles. The standard InChI is InChI=1S/C10H11IO/c11-10(6-7-12)8-9-4-2-1-3-5-9/h1-5,8,12H,6-7H2/b10-8-. The predicted octanol–water partition coefficient (Wildman–Crippen LogP) is 2.84. The molecule has 1 N–H and O–H groups in total. The van der Waals surface area contributed by atoms with E-state index in [2.05, 4.69) is 40.8 Å². The highest BCUT2D eigenvalue weighted by Gasteiger charge is 1.90. The summed E-state index contributed by atoms with van der Waals surface area (Å²) >= 11 is 2.25. The predicted molar refractivity (Wildman–Crippen MR) is 60.1 cm³/mol. The van der Waals surface area contributed by atoms with Gasteiger partial charge in [-0.15, -0.1) is 0 Å². The number of hydrogen-bond acceptors (Lipinski definition) is 1. The highest BCUT2D eigenvalue weighted by atomic mass is 127. The molecule has 0 aromatic heterocycles. The van der Waals surface area contributed by atoms with Gasteiger partial charge in [-0.2, -0.15) is 0 Å². The van der Waals surface area contributed by atoms with Crippen molar-refractivity contribution >= 4 is 28.7 Å². The van der Waals surface area contributed by atoms with Crippen molar-refractivity contribution in [2.75, 3.05) is 6.61 Å². The van der Waals surface area contributed by atoms with E-state index in [9.17, 15) is 0 Å². The summed E-state index contributed by atoms with van der Waals surface area (Å²) in [4.78, 5) is 0. The van der Waals surface area contributed by atoms with Crippen LogP contribution in [0.3, 0.4) is 0 Å². The monoisotopic (exact) mass is 274 g/mol. The van der Waals surface area contributed by atoms with Crippen LogP contribution in [0.5, 0.6) is 0 Å². The maximum atomic E-state index is 8.67. The van der Waals surface area contributed by atoms with Crippen molar-refractivity contribution in [3.63, 3.8) is 0 Å². The van der Waals surface area contributed by atoms with Crippen LogP contribution in [0.15, 0.2) is 33.9 Å². The van der Waals surface area contributed by atoms with Crippen molar-refractivity contribution in [1.29, 1.82) is 0 Å². The second-order valence-electron chi connectivity index (χ2n) is 2.48. The van der Waals surface area contributed by atoms with Gasteiger partial charge in [-0.3, -0.25) is 0 Å². The largest absolute Gasteiger partial charge is 0.396 e. The number of rotatable bonds is 3. The van der Waals surface area contributed by atoms with Gasteiger partial charge in [0.25, 0.3) is 0 Å². The number of hydrogen-bond donors (Lipinski definition) is 1. The molecule has 0 bridgehead atoms. The van der Waals surface area contributed by atoms with Crippen LogP contribution in [-0.4, -0.2) is 11.7 Å². The van der Waals surface area contributed by atoms with Gasteiger partial charge in [-0.25, -0.2) is 0 Å². The van der Waals surface area contributed by atoms with Crippen LogP contribution in [0.2, 0.25) is 0 Å². The molecule has 1 aromatic carbocycles. The van der Waals surface area contributed by atoms with E-state index in [0.717, 1.165) is 6.42 Å². The number of aliphatic hydroxyl groups is 1. The SMILES string of the molecule is OCC/C(I)=C/c1ccccc1. The fraction of sp³-hybridized carbons (Fsp3) is 0.200. The molecule has 0 atom stereocenters. The van der Waals surface area contributed by atoms with E-state index < -0.39 is 0 Å². The van der Waals surface area contributed by atoms with Gasteiger partial charge >= 0.3 is 0 Å². The van der Waals surface area contributed by atoms with Crippen LogP contribution in [0.25, 0.3) is 6.08 Å². The lowest BCUT2D eigenvalue weighted by Crippen LogP contribution is -1.80. The molecule has 0 saturated carbocycles. The first kappa shape index (κ1) is 9.74. The molecule has 1 nitrogen and oxygen atoms in total. The van der Waals surface area contributed by atoms with E-state index in [1.807, 2.05) is 18.2 Å². The Morgan fingerprint density at radius 2 is 2.00 bits per heavy atom. The van der Waals surface area contributed by atoms with Crippen LogP contribution in [0, 0.1) is 0 Å². The molecule has 0 aliphatic heterocycles. The summed E-state index contributed by atoms with van der Waals surface area (Å²) in [5, 5.41) is 8.67. The zero-order chi connectivity index (χ0) is 8.81. The summed E-state index contributed by atoms with van der Waals surface area (Å²) in [7, 11) is 0. The zero-order valence-corrected chi connectivity index (χ0v) is 8.86. The Balaban J connectivity index is 2.67. The third-order valence-electron chi connectivity index (χ3n) is 1.47. The third-order valence-corrected chi connectivity index (χ3v) is 2.32. The number of aliphatic hydroxyl groups excluding tert-OH is 1. The van der Waals surface area contributed by atoms with Crippen LogP contribution in [0.1, 0.15) is 12.0 Å². The Labute approximate surface area is 86.3 Å². The normalized spacial score (nSPS) is 11.7. The first-order chi connectivity index (χ1) is 5.83. The maximum Gasteiger partial charge on any atom is 0.0475 e. The molecule has 2 heteroatoms. The molecule has 0 aliphatic rings. The summed E-state index contributed by atoms with van der Waals surface area (Å²) < 4.78 is 1.18. The summed E-state index contributed by atoms with van der Waals surface area (Å²) in [6.45, 7) is 0.224. The molecular formula is C10H11IO. The Morgan fingerprint density at radius 1 is 1.33 bits per heavy atom. The Morgan fingerprint density at radius 3 is 2.58 bits per heavy atom. The fourth-order valence-corrected chi connectivity index (χ4v) is 1.51. The Hall–Kier alpha value is -0.350. The smallest absolute Gasteiger partial charge is 0.0475 e. The molecule has 1 rings (SSSR count). The molecule has 0 unspecified atom stereocenters. The molecular weight excluding hydrogens is 263 g/mol. The summed E-state index contributed by atoms with van der Waals surface area (Å²) in [6.07, 6.45) is 2.83. The van der Waals surface area contributed by atoms with E-state index >= 15 is 0 Å². The molecule has 0 radical (unpaired) electrons. The van der Waals surface area contributed by atoms with Gasteiger partial charge in [0.2, 0.25) is 0 Å². The van der Waals surface area contributed by atoms with E-state index in [4.69, 9.17) is 5.11 Å². The highest BCUT2D eigenvalue weighted by molar-refractivity contribution is 14.1. The van der Waals surface area contributed by atoms with Gasteiger partial charge in [-0.1, -0.05) is 30.3 Å². The van der Waals surface area contributed by atoms with E-state index in [0.29, 0.717) is 0 Å². The molecule has 0 aliphatic carbocycles. The van der Waals surface area contributed by atoms with Crippen molar-refractivity contribution in [2.45, 2.75) is 6.42 Å². The Bertz CT molecular complexity index is 254. The van der Waals surface area contributed by atoms with E-state index in [-0.39, 0.29) is 6.61 Å². The van der Waals surface area contributed by atoms with Gasteiger partial charge in [0.05, 0.1) is 0 Å². The van der Waals surface area contributed by atoms with Gasteiger partial charge in [0.15, 0.2) is 0 Å². The van der Waals surface area contributed by atoms with Gasteiger partial charge in [0, 0.05) is 13.0 Å². The molecule has 0 amide bonds. The second-order valence-corrected chi connectivity index (χ2v) is 3.86. The third kappa shape index (κ3) is 3.36. The van der Waals surface area contributed by atoms with Crippen molar-refractivity contribution in [3.05, 3.63) is 39.5 Å². The summed E-state index contributed by atoms with van der Waals surface area (Å²) in [5.41, 5.74) is 1.19. The van der Waals surface area contributed by atoms with Crippen LogP contribution in [-0.2, 0) is 0 Å². The van der Waals surface area contributed by atoms with Gasteiger partial charge in [0.1, 0.15) is 0 Å². The molecule has 0 saturated heterocycles. The average Bonchev–Trinajstić information content (AvgIpc) is 2.06. The topological polar surface area (TPSA) is 20.2 Å². The number of benzene rings is 1. The molecule has 0 fully saturated rings. The van der Waals surface area contributed by atoms with Crippen LogP contribution in [0.4, 0.5) is 0 Å². The number of halogens is 1. The second kappa shape index (κ2) is 5.32.